The predicted octanol–water partition coefficient (Wildman–Crippen LogP) is 1.70. The van der Waals surface area contributed by atoms with Gasteiger partial charge in [-0.05, 0) is 18.6 Å². The molecule has 1 rings (SSSR count). The normalized spacial score (nSPS) is 8.11. The predicted molar refractivity (Wildman–Crippen MR) is 32.8 cm³/mol. The first-order valence-electron chi connectivity index (χ1n) is 2.55. The van der Waals surface area contributed by atoms with E-state index >= 15 is 0 Å². The van der Waals surface area contributed by atoms with Crippen LogP contribution < -0.4 is 0 Å². The molecule has 0 aliphatic carbocycles. The first-order chi connectivity index (χ1) is 3.80. The van der Waals surface area contributed by atoms with E-state index in [4.69, 9.17) is 5.11 Å². The van der Waals surface area contributed by atoms with Crippen LogP contribution in [0.2, 0.25) is 0 Å². The summed E-state index contributed by atoms with van der Waals surface area (Å²) >= 11 is 0. The van der Waals surface area contributed by atoms with Crippen LogP contribution in [-0.2, 0) is 17.1 Å². The van der Waals surface area contributed by atoms with Crippen molar-refractivity contribution in [3.8, 4) is 5.75 Å². The van der Waals surface area contributed by atoms with Crippen LogP contribution in [0.25, 0.3) is 0 Å². The van der Waals surface area contributed by atoms with Crippen LogP contribution in [0, 0.1) is 6.92 Å². The van der Waals surface area contributed by atoms with Gasteiger partial charge in [-0.25, -0.2) is 0 Å². The van der Waals surface area contributed by atoms with Crippen LogP contribution in [0.4, 0.5) is 0 Å². The summed E-state index contributed by atoms with van der Waals surface area (Å²) in [5, 5.41) is 8.92. The molecule has 0 bridgehead atoms. The number of aryl methyl sites for hydroxylation is 1. The number of benzene rings is 1. The molecule has 0 fully saturated rings. The number of hydrogen-bond acceptors (Lipinski definition) is 1. The van der Waals surface area contributed by atoms with Gasteiger partial charge in [0.05, 0.1) is 0 Å². The van der Waals surface area contributed by atoms with Gasteiger partial charge in [0, 0.05) is 17.1 Å². The maximum absolute atomic E-state index is 8.92. The summed E-state index contributed by atoms with van der Waals surface area (Å²) in [4.78, 5) is 0. The molecule has 9 heavy (non-hydrogen) atoms. The molecule has 0 saturated carbocycles. The molecule has 1 nitrogen and oxygen atoms in total. The maximum Gasteiger partial charge on any atom is 0.118 e. The Labute approximate surface area is 65.2 Å². The summed E-state index contributed by atoms with van der Waals surface area (Å²) in [5.41, 5.74) is 0.924. The van der Waals surface area contributed by atoms with E-state index in [2.05, 4.69) is 0 Å². The zero-order valence-corrected chi connectivity index (χ0v) is 6.32. The summed E-state index contributed by atoms with van der Waals surface area (Å²) in [5.74, 6) is 0.368. The summed E-state index contributed by atoms with van der Waals surface area (Å²) in [6, 6.07) is 7.25. The van der Waals surface area contributed by atoms with Crippen molar-refractivity contribution in [2.75, 3.05) is 0 Å². The SMILES string of the molecule is Cc1ccccc1O.[Mn]. The van der Waals surface area contributed by atoms with Crippen molar-refractivity contribution in [1.29, 1.82) is 0 Å². The zero-order chi connectivity index (χ0) is 5.98. The molecule has 0 heterocycles. The van der Waals surface area contributed by atoms with Crippen molar-refractivity contribution >= 4 is 0 Å². The summed E-state index contributed by atoms with van der Waals surface area (Å²) < 4.78 is 0. The Morgan fingerprint density at radius 2 is 1.78 bits per heavy atom. The van der Waals surface area contributed by atoms with E-state index in [1.54, 1.807) is 6.07 Å². The fourth-order valence-corrected chi connectivity index (χ4v) is 0.563. The molecule has 0 saturated heterocycles. The second-order valence-electron chi connectivity index (χ2n) is 1.79. The number of phenolic OH excluding ortho intramolecular Hbond substituents is 1. The fraction of sp³-hybridized carbons (Fsp3) is 0.143. The van der Waals surface area contributed by atoms with Crippen LogP contribution in [0.5, 0.6) is 5.75 Å². The van der Waals surface area contributed by atoms with Crippen molar-refractivity contribution in [2.24, 2.45) is 0 Å². The van der Waals surface area contributed by atoms with Crippen molar-refractivity contribution in [3.05, 3.63) is 29.8 Å². The molecule has 2 heteroatoms. The molecule has 0 aliphatic rings. The number of rotatable bonds is 0. The molecule has 49 valence electrons. The molecule has 1 N–H and O–H groups in total. The molecule has 0 atom stereocenters. The second kappa shape index (κ2) is 3.54. The monoisotopic (exact) mass is 163 g/mol. The van der Waals surface area contributed by atoms with Gasteiger partial charge in [0.25, 0.3) is 0 Å². The number of para-hydroxylation sites is 1. The molecule has 0 spiro atoms. The van der Waals surface area contributed by atoms with E-state index in [1.165, 1.54) is 0 Å². The van der Waals surface area contributed by atoms with Crippen molar-refractivity contribution < 1.29 is 22.2 Å². The summed E-state index contributed by atoms with van der Waals surface area (Å²) in [7, 11) is 0. The Kier molecular flexibility index (Phi) is 3.36. The van der Waals surface area contributed by atoms with Gasteiger partial charge in [0.15, 0.2) is 0 Å². The van der Waals surface area contributed by atoms with Crippen molar-refractivity contribution in [1.82, 2.24) is 0 Å². The zero-order valence-electron chi connectivity index (χ0n) is 5.13. The van der Waals surface area contributed by atoms with Crippen LogP contribution >= 0.6 is 0 Å². The van der Waals surface area contributed by atoms with Gasteiger partial charge in [-0.15, -0.1) is 0 Å². The maximum atomic E-state index is 8.92. The molecule has 0 unspecified atom stereocenters. The molecule has 0 amide bonds. The third kappa shape index (κ3) is 2.08. The quantitative estimate of drug-likeness (QED) is 0.577. The Hall–Kier alpha value is -0.461. The van der Waals surface area contributed by atoms with Crippen LogP contribution in [0.3, 0.4) is 0 Å². The third-order valence-electron chi connectivity index (χ3n) is 1.12. The van der Waals surface area contributed by atoms with E-state index in [-0.39, 0.29) is 17.1 Å². The minimum absolute atomic E-state index is 0. The smallest absolute Gasteiger partial charge is 0.118 e. The topological polar surface area (TPSA) is 20.2 Å². The molecule has 1 aromatic rings. The van der Waals surface area contributed by atoms with Gasteiger partial charge in [0.2, 0.25) is 0 Å². The molecule has 1 aromatic carbocycles. The Bertz CT molecular complexity index is 165. The average molecular weight is 163 g/mol. The van der Waals surface area contributed by atoms with E-state index < -0.39 is 0 Å². The number of phenols is 1. The molecule has 0 aromatic heterocycles. The van der Waals surface area contributed by atoms with E-state index in [9.17, 15) is 0 Å². The van der Waals surface area contributed by atoms with Gasteiger partial charge >= 0.3 is 0 Å². The summed E-state index contributed by atoms with van der Waals surface area (Å²) in [6.07, 6.45) is 0. The summed E-state index contributed by atoms with van der Waals surface area (Å²) in [6.45, 7) is 1.87. The molecular formula is C7H8MnO. The fourth-order valence-electron chi connectivity index (χ4n) is 0.563. The minimum Gasteiger partial charge on any atom is -0.508 e. The number of hydrogen-bond donors (Lipinski definition) is 1. The second-order valence-corrected chi connectivity index (χ2v) is 1.79. The average Bonchev–Trinajstić information content (AvgIpc) is 1.77. The standard InChI is InChI=1S/C7H8O.Mn/c1-6-4-2-3-5-7(6)8;/h2-5,8H,1H3;. The van der Waals surface area contributed by atoms with Gasteiger partial charge in [-0.3, -0.25) is 0 Å². The van der Waals surface area contributed by atoms with E-state index in [1.807, 2.05) is 25.1 Å². The van der Waals surface area contributed by atoms with Crippen LogP contribution in [-0.4, -0.2) is 5.11 Å². The first-order valence-corrected chi connectivity index (χ1v) is 2.55. The van der Waals surface area contributed by atoms with Gasteiger partial charge in [-0.1, -0.05) is 18.2 Å². The minimum atomic E-state index is 0. The van der Waals surface area contributed by atoms with Crippen LogP contribution in [0.1, 0.15) is 5.56 Å². The molecular weight excluding hydrogens is 155 g/mol. The van der Waals surface area contributed by atoms with Gasteiger partial charge in [-0.2, -0.15) is 0 Å². The Morgan fingerprint density at radius 1 is 1.22 bits per heavy atom. The van der Waals surface area contributed by atoms with Crippen molar-refractivity contribution in [3.63, 3.8) is 0 Å². The van der Waals surface area contributed by atoms with Crippen LogP contribution in [0.15, 0.2) is 24.3 Å². The van der Waals surface area contributed by atoms with Gasteiger partial charge in [0.1, 0.15) is 5.75 Å². The largest absolute Gasteiger partial charge is 0.508 e. The van der Waals surface area contributed by atoms with Crippen molar-refractivity contribution in [2.45, 2.75) is 6.92 Å². The first kappa shape index (κ1) is 8.54. The Morgan fingerprint density at radius 3 is 2.11 bits per heavy atom. The number of aromatic hydroxyl groups is 1. The van der Waals surface area contributed by atoms with E-state index in [0.717, 1.165) is 5.56 Å². The third-order valence-corrected chi connectivity index (χ3v) is 1.12. The Balaban J connectivity index is 0.000000640. The molecule has 0 aliphatic heterocycles. The van der Waals surface area contributed by atoms with E-state index in [0.29, 0.717) is 5.75 Å². The van der Waals surface area contributed by atoms with Gasteiger partial charge < -0.3 is 5.11 Å². The molecule has 1 radical (unpaired) electrons.